The van der Waals surface area contributed by atoms with E-state index >= 15 is 0 Å². The molecular weight excluding hydrogens is 900 g/mol. The predicted molar refractivity (Wildman–Crippen MR) is 284 cm³/mol. The van der Waals surface area contributed by atoms with Crippen LogP contribution in [-0.2, 0) is 10.0 Å². The maximum Gasteiger partial charge on any atom is 0.239 e. The number of para-hydroxylation sites is 2. The van der Waals surface area contributed by atoms with Crippen LogP contribution >= 0.6 is 0 Å². The van der Waals surface area contributed by atoms with Gasteiger partial charge in [0, 0.05) is 63.4 Å². The van der Waals surface area contributed by atoms with Crippen LogP contribution in [0.5, 0.6) is 0 Å². The largest absolute Gasteiger partial charge is 0.341 e. The van der Waals surface area contributed by atoms with Crippen LogP contribution in [0.25, 0.3) is 55.3 Å². The van der Waals surface area contributed by atoms with Gasteiger partial charge < -0.3 is 4.57 Å². The highest BCUT2D eigenvalue weighted by Crippen LogP contribution is 2.47. The molecule has 3 aromatic heterocycles. The van der Waals surface area contributed by atoms with Crippen LogP contribution in [0.1, 0.15) is 146 Å². The molecule has 1 aliphatic rings. The Balaban J connectivity index is 0.000000155. The Bertz CT molecular complexity index is 3210. The Labute approximate surface area is 412 Å². The van der Waals surface area contributed by atoms with Crippen LogP contribution in [0.15, 0.2) is 121 Å². The van der Waals surface area contributed by atoms with Crippen LogP contribution < -0.4 is 4.31 Å². The average molecular weight is 966 g/mol. The van der Waals surface area contributed by atoms with E-state index in [1.54, 1.807) is 36.4 Å². The number of halogens is 3. The van der Waals surface area contributed by atoms with Crippen LogP contribution in [0.3, 0.4) is 0 Å². The molecule has 3 heterocycles. The molecule has 0 atom stereocenters. The van der Waals surface area contributed by atoms with Crippen molar-refractivity contribution in [2.24, 2.45) is 0 Å². The van der Waals surface area contributed by atoms with Gasteiger partial charge >= 0.3 is 0 Å². The highest BCUT2D eigenvalue weighted by molar-refractivity contribution is 7.92. The van der Waals surface area contributed by atoms with E-state index in [0.717, 1.165) is 49.4 Å². The third kappa shape index (κ3) is 11.2. The fourth-order valence-electron chi connectivity index (χ4n) is 9.35. The van der Waals surface area contributed by atoms with Crippen molar-refractivity contribution in [1.29, 1.82) is 0 Å². The van der Waals surface area contributed by atoms with E-state index in [1.165, 1.54) is 71.0 Å². The molecule has 8 aromatic rings. The zero-order valence-corrected chi connectivity index (χ0v) is 43.3. The Morgan fingerprint density at radius 3 is 1.51 bits per heavy atom. The van der Waals surface area contributed by atoms with Crippen molar-refractivity contribution in [2.75, 3.05) is 17.6 Å². The summed E-state index contributed by atoms with van der Waals surface area (Å²) in [7, 11) is -2.06. The fourth-order valence-corrected chi connectivity index (χ4v) is 9.73. The van der Waals surface area contributed by atoms with Crippen molar-refractivity contribution in [1.82, 2.24) is 19.5 Å². The first-order chi connectivity index (χ1) is 33.2. The second kappa shape index (κ2) is 21.3. The molecule has 0 unspecified atom stereocenters. The van der Waals surface area contributed by atoms with E-state index < -0.39 is 10.0 Å². The van der Waals surface area contributed by atoms with Gasteiger partial charge in [0.2, 0.25) is 16.0 Å². The summed E-state index contributed by atoms with van der Waals surface area (Å²) in [6.45, 7) is 21.4. The number of rotatable bonds is 11. The highest BCUT2D eigenvalue weighted by Gasteiger charge is 2.31. The molecule has 70 heavy (non-hydrogen) atoms. The van der Waals surface area contributed by atoms with Gasteiger partial charge in [-0.3, -0.25) is 4.98 Å². The minimum atomic E-state index is -3.49. The lowest BCUT2D eigenvalue weighted by atomic mass is 9.87. The normalized spacial score (nSPS) is 12.8. The summed E-state index contributed by atoms with van der Waals surface area (Å²) in [5.41, 5.74) is 13.9. The smallest absolute Gasteiger partial charge is 0.239 e. The minimum absolute atomic E-state index is 0.0892. The summed E-state index contributed by atoms with van der Waals surface area (Å²) in [6.07, 6.45) is 3.57. The second-order valence-corrected chi connectivity index (χ2v) is 21.9. The van der Waals surface area contributed by atoms with Crippen LogP contribution in [0.4, 0.5) is 19.1 Å². The zero-order chi connectivity index (χ0) is 50.8. The van der Waals surface area contributed by atoms with Crippen molar-refractivity contribution >= 4 is 37.8 Å². The molecular formula is C59H66F3N5O2S. The molecule has 1 fully saturated rings. The molecule has 0 amide bonds. The number of sulfonamides is 1. The van der Waals surface area contributed by atoms with E-state index in [2.05, 4.69) is 98.5 Å². The Morgan fingerprint density at radius 2 is 1.04 bits per heavy atom. The highest BCUT2D eigenvalue weighted by atomic mass is 32.2. The SMILES string of the molecule is CC(C)c1c(-c2ccc(F)cc2)c2ccccc2n1C(C)C.CC(C)c1c(C2CC2)nc2ccccc2c1-c1ccc(F)cc1.CC(C)c1nc(N(C)S(C)(=O)=O)nc(-c2ccc(F)cc2)c1C(C)C. The van der Waals surface area contributed by atoms with Gasteiger partial charge in [-0.2, -0.15) is 0 Å². The summed E-state index contributed by atoms with van der Waals surface area (Å²) in [5.74, 6) is 1.01. The maximum atomic E-state index is 13.4. The number of benzene rings is 5. The Hall–Kier alpha value is -6.33. The summed E-state index contributed by atoms with van der Waals surface area (Å²) < 4.78 is 67.3. The molecule has 9 rings (SSSR count). The van der Waals surface area contributed by atoms with Crippen molar-refractivity contribution in [3.63, 3.8) is 0 Å². The second-order valence-electron chi connectivity index (χ2n) is 19.9. The fraction of sp³-hybridized carbons (Fsp3) is 0.339. The Morgan fingerprint density at radius 1 is 0.557 bits per heavy atom. The Kier molecular flexibility index (Phi) is 15.7. The van der Waals surface area contributed by atoms with Gasteiger partial charge in [-0.25, -0.2) is 35.9 Å². The van der Waals surface area contributed by atoms with Gasteiger partial charge in [0.15, 0.2) is 0 Å². The van der Waals surface area contributed by atoms with Gasteiger partial charge in [-0.05, 0) is 133 Å². The first-order valence-corrected chi connectivity index (χ1v) is 26.2. The predicted octanol–water partition coefficient (Wildman–Crippen LogP) is 16.1. The van der Waals surface area contributed by atoms with Gasteiger partial charge in [0.1, 0.15) is 17.5 Å². The maximum absolute atomic E-state index is 13.4. The zero-order valence-electron chi connectivity index (χ0n) is 42.5. The standard InChI is InChI=1S/C21H20FN.C20H22FN.C18H24FN3O2S/c1-13(2)19-20(14-9-11-16(22)12-10-14)17-5-3-4-6-18(17)23-21(19)15-7-8-15;1-13(2)20-19(15-9-11-16(21)12-10-15)17-7-5-6-8-18(17)22(20)14(3)4;1-11(2)15-16(12(3)4)20-18(22(5)25(6,23)24)21-17(15)13-7-9-14(19)10-8-13/h3-6,9-13,15H,7-8H2,1-2H3;5-14H,1-4H3;7-12H,1-6H3. The van der Waals surface area contributed by atoms with Crippen LogP contribution in [0.2, 0.25) is 0 Å². The van der Waals surface area contributed by atoms with Crippen molar-refractivity contribution in [2.45, 2.75) is 118 Å². The first-order valence-electron chi connectivity index (χ1n) is 24.4. The lowest BCUT2D eigenvalue weighted by Crippen LogP contribution is -2.28. The minimum Gasteiger partial charge on any atom is -0.341 e. The molecule has 5 aromatic carbocycles. The van der Waals surface area contributed by atoms with Crippen LogP contribution in [-0.4, -0.2) is 41.2 Å². The van der Waals surface area contributed by atoms with Crippen molar-refractivity contribution in [3.8, 4) is 33.5 Å². The van der Waals surface area contributed by atoms with E-state index in [4.69, 9.17) is 4.98 Å². The molecule has 0 saturated heterocycles. The lowest BCUT2D eigenvalue weighted by Gasteiger charge is -2.23. The van der Waals surface area contributed by atoms with Gasteiger partial charge in [-0.1, -0.05) is 116 Å². The topological polar surface area (TPSA) is 81.0 Å². The van der Waals surface area contributed by atoms with Gasteiger partial charge in [0.05, 0.1) is 23.2 Å². The summed E-state index contributed by atoms with van der Waals surface area (Å²) in [6, 6.07) is 36.9. The number of pyridine rings is 1. The molecule has 0 bridgehead atoms. The summed E-state index contributed by atoms with van der Waals surface area (Å²) in [4.78, 5) is 14.0. The van der Waals surface area contributed by atoms with Crippen LogP contribution in [0, 0.1) is 17.5 Å². The molecule has 0 radical (unpaired) electrons. The molecule has 0 N–H and O–H groups in total. The summed E-state index contributed by atoms with van der Waals surface area (Å²) in [5, 5.41) is 2.40. The van der Waals surface area contributed by atoms with Crippen molar-refractivity contribution < 1.29 is 21.6 Å². The number of nitrogens with zero attached hydrogens (tertiary/aromatic N) is 5. The van der Waals surface area contributed by atoms with E-state index in [0.29, 0.717) is 29.5 Å². The molecule has 11 heteroatoms. The average Bonchev–Trinajstić information content (AvgIpc) is 4.11. The third-order valence-electron chi connectivity index (χ3n) is 12.8. The third-order valence-corrected chi connectivity index (χ3v) is 13.9. The molecule has 7 nitrogen and oxygen atoms in total. The molecule has 366 valence electrons. The quantitative estimate of drug-likeness (QED) is 0.129. The molecule has 1 aliphatic carbocycles. The van der Waals surface area contributed by atoms with E-state index in [9.17, 15) is 21.6 Å². The molecule has 0 spiro atoms. The molecule has 0 aliphatic heterocycles. The van der Waals surface area contributed by atoms with E-state index in [1.807, 2.05) is 58.0 Å². The number of hydrogen-bond donors (Lipinski definition) is 0. The van der Waals surface area contributed by atoms with Gasteiger partial charge in [-0.15, -0.1) is 0 Å². The lowest BCUT2D eigenvalue weighted by molar-refractivity contribution is 0.578. The van der Waals surface area contributed by atoms with E-state index in [-0.39, 0.29) is 35.2 Å². The number of anilines is 1. The monoisotopic (exact) mass is 965 g/mol. The van der Waals surface area contributed by atoms with Crippen molar-refractivity contribution in [3.05, 3.63) is 167 Å². The summed E-state index contributed by atoms with van der Waals surface area (Å²) >= 11 is 0. The molecule has 1 saturated carbocycles. The number of fused-ring (bicyclic) bond motifs is 2. The first kappa shape index (κ1) is 51.5. The number of hydrogen-bond acceptors (Lipinski definition) is 5. The number of aromatic nitrogens is 4. The van der Waals surface area contributed by atoms with Gasteiger partial charge in [0.25, 0.3) is 0 Å².